The van der Waals surface area contributed by atoms with Crippen molar-refractivity contribution in [1.29, 1.82) is 0 Å². The number of carbonyl (C=O) groups is 2. The average Bonchev–Trinajstić information content (AvgIpc) is 2.97. The molecule has 0 radical (unpaired) electrons. The van der Waals surface area contributed by atoms with Crippen molar-refractivity contribution in [2.45, 2.75) is 78.6 Å². The summed E-state index contributed by atoms with van der Waals surface area (Å²) < 4.78 is 27.3. The Balaban J connectivity index is 1.61. The number of anilines is 1. The first kappa shape index (κ1) is 34.0. The Morgan fingerprint density at radius 2 is 1.44 bits per heavy atom. The standard InChI is InChI=1S/C34H44NO7P/c1-5-6-7-8-9-12-23-40-29-21-19-26(20-22-29)25-15-17-27(18-16-25)31(36)35-30-14-11-10-13-28(30)24-34(38,42-43-39)41-32(37)33(2,3)4/h10-11,13-22,38H,5-9,12,23-24,43H2,1-4H3,(H,35,36). The van der Waals surface area contributed by atoms with Crippen molar-refractivity contribution in [1.82, 2.24) is 0 Å². The summed E-state index contributed by atoms with van der Waals surface area (Å²) in [6, 6.07) is 21.9. The van der Waals surface area contributed by atoms with Gasteiger partial charge in [0.2, 0.25) is 0 Å². The number of nitrogens with one attached hydrogen (secondary N) is 1. The summed E-state index contributed by atoms with van der Waals surface area (Å²) in [5, 5.41) is 13.7. The van der Waals surface area contributed by atoms with Crippen LogP contribution in [0.15, 0.2) is 72.8 Å². The van der Waals surface area contributed by atoms with Crippen molar-refractivity contribution < 1.29 is 33.3 Å². The maximum atomic E-state index is 13.1. The fraction of sp³-hybridized carbons (Fsp3) is 0.412. The number of carbonyl (C=O) groups excluding carboxylic acids is 2. The monoisotopic (exact) mass is 609 g/mol. The van der Waals surface area contributed by atoms with Gasteiger partial charge in [0.15, 0.2) is 8.69 Å². The van der Waals surface area contributed by atoms with Crippen LogP contribution in [0.4, 0.5) is 5.69 Å². The molecule has 0 saturated carbocycles. The van der Waals surface area contributed by atoms with E-state index in [9.17, 15) is 19.3 Å². The molecule has 0 fully saturated rings. The number of esters is 1. The lowest BCUT2D eigenvalue weighted by Gasteiger charge is -2.29. The molecule has 9 heteroatoms. The molecule has 0 spiro atoms. The summed E-state index contributed by atoms with van der Waals surface area (Å²) in [4.78, 5) is 25.5. The van der Waals surface area contributed by atoms with Crippen molar-refractivity contribution in [3.05, 3.63) is 83.9 Å². The van der Waals surface area contributed by atoms with Gasteiger partial charge in [0.25, 0.3) is 5.91 Å². The summed E-state index contributed by atoms with van der Waals surface area (Å²) in [5.41, 5.74) is 2.31. The third-order valence-corrected chi connectivity index (χ3v) is 7.34. The van der Waals surface area contributed by atoms with E-state index in [-0.39, 0.29) is 12.3 Å². The van der Waals surface area contributed by atoms with Crippen molar-refractivity contribution in [3.8, 4) is 16.9 Å². The van der Waals surface area contributed by atoms with Crippen LogP contribution in [-0.2, 0) is 25.0 Å². The second-order valence-electron chi connectivity index (χ2n) is 11.6. The first-order valence-electron chi connectivity index (χ1n) is 14.8. The molecule has 3 rings (SSSR count). The molecular formula is C34H44NO7P. The first-order valence-corrected chi connectivity index (χ1v) is 15.8. The van der Waals surface area contributed by atoms with Crippen molar-refractivity contribution in [3.63, 3.8) is 0 Å². The lowest BCUT2D eigenvalue weighted by molar-refractivity contribution is -0.302. The van der Waals surface area contributed by atoms with Gasteiger partial charge < -0.3 is 19.9 Å². The van der Waals surface area contributed by atoms with Gasteiger partial charge in [-0.1, -0.05) is 81.5 Å². The van der Waals surface area contributed by atoms with Gasteiger partial charge in [0.05, 0.1) is 18.4 Å². The zero-order valence-electron chi connectivity index (χ0n) is 25.6. The van der Waals surface area contributed by atoms with Gasteiger partial charge in [-0.15, -0.1) is 0 Å². The zero-order valence-corrected chi connectivity index (χ0v) is 26.7. The Morgan fingerprint density at radius 1 is 0.837 bits per heavy atom. The highest BCUT2D eigenvalue weighted by molar-refractivity contribution is 7.17. The minimum Gasteiger partial charge on any atom is -0.494 e. The van der Waals surface area contributed by atoms with Crippen LogP contribution in [0.1, 0.15) is 82.1 Å². The molecule has 0 bridgehead atoms. The van der Waals surface area contributed by atoms with Crippen LogP contribution in [0, 0.1) is 5.41 Å². The topological polar surface area (TPSA) is 111 Å². The van der Waals surface area contributed by atoms with Gasteiger partial charge in [0, 0.05) is 11.3 Å². The minimum atomic E-state index is -2.45. The summed E-state index contributed by atoms with van der Waals surface area (Å²) in [5.74, 6) is -2.68. The highest BCUT2D eigenvalue weighted by Gasteiger charge is 2.38. The molecule has 0 aliphatic heterocycles. The van der Waals surface area contributed by atoms with Gasteiger partial charge in [-0.2, -0.15) is 0 Å². The zero-order chi connectivity index (χ0) is 31.3. The second kappa shape index (κ2) is 16.4. The highest BCUT2D eigenvalue weighted by Crippen LogP contribution is 2.29. The third-order valence-electron chi connectivity index (χ3n) is 6.88. The molecule has 3 aromatic rings. The van der Waals surface area contributed by atoms with Crippen LogP contribution in [0.3, 0.4) is 0 Å². The third kappa shape index (κ3) is 11.0. The maximum Gasteiger partial charge on any atom is 0.336 e. The van der Waals surface area contributed by atoms with E-state index >= 15 is 0 Å². The van der Waals surface area contributed by atoms with Gasteiger partial charge in [0.1, 0.15) is 5.75 Å². The van der Waals surface area contributed by atoms with Gasteiger partial charge in [-0.05, 0) is 74.2 Å². The molecule has 0 saturated heterocycles. The Bertz CT molecular complexity index is 1340. The van der Waals surface area contributed by atoms with E-state index in [0.717, 1.165) is 23.3 Å². The molecule has 2 atom stereocenters. The molecule has 3 aromatic carbocycles. The molecule has 43 heavy (non-hydrogen) atoms. The molecule has 0 aliphatic rings. The average molecular weight is 610 g/mol. The van der Waals surface area contributed by atoms with Crippen LogP contribution in [-0.4, -0.2) is 29.6 Å². The first-order chi connectivity index (χ1) is 20.5. The molecule has 0 heterocycles. The van der Waals surface area contributed by atoms with Crippen LogP contribution in [0.25, 0.3) is 11.1 Å². The second-order valence-corrected chi connectivity index (χ2v) is 12.0. The number of hydrogen-bond acceptors (Lipinski definition) is 7. The van der Waals surface area contributed by atoms with E-state index in [1.807, 2.05) is 36.4 Å². The number of para-hydroxylation sites is 1. The maximum absolute atomic E-state index is 13.1. The van der Waals surface area contributed by atoms with Crippen LogP contribution < -0.4 is 10.1 Å². The summed E-state index contributed by atoms with van der Waals surface area (Å²) in [6.07, 6.45) is 7.01. The fourth-order valence-electron chi connectivity index (χ4n) is 4.34. The Morgan fingerprint density at radius 3 is 2.07 bits per heavy atom. The lowest BCUT2D eigenvalue weighted by atomic mass is 9.97. The van der Waals surface area contributed by atoms with Crippen molar-refractivity contribution >= 4 is 26.3 Å². The van der Waals surface area contributed by atoms with E-state index in [0.29, 0.717) is 23.4 Å². The number of hydrogen-bond donors (Lipinski definition) is 2. The van der Waals surface area contributed by atoms with E-state index in [4.69, 9.17) is 14.0 Å². The van der Waals surface area contributed by atoms with E-state index in [2.05, 4.69) is 12.2 Å². The number of unbranched alkanes of at least 4 members (excludes halogenated alkanes) is 5. The predicted octanol–water partition coefficient (Wildman–Crippen LogP) is 7.81. The molecule has 2 N–H and O–H groups in total. The molecule has 1 amide bonds. The predicted molar refractivity (Wildman–Crippen MR) is 171 cm³/mol. The quantitative estimate of drug-likeness (QED) is 0.0737. The lowest BCUT2D eigenvalue weighted by Crippen LogP contribution is -2.41. The smallest absolute Gasteiger partial charge is 0.336 e. The van der Waals surface area contributed by atoms with Crippen LogP contribution in [0.2, 0.25) is 0 Å². The summed E-state index contributed by atoms with van der Waals surface area (Å²) >= 11 is 0. The molecular weight excluding hydrogens is 565 g/mol. The van der Waals surface area contributed by atoms with E-state index in [1.54, 1.807) is 57.2 Å². The number of amides is 1. The minimum absolute atomic E-state index is 0.335. The SMILES string of the molecule is CCCCCCCCOc1ccc(-c2ccc(C(=O)Nc3ccccc3CC(O)(O[PH2]=O)OC(=O)C(C)(C)C)cc2)cc1. The largest absolute Gasteiger partial charge is 0.494 e. The summed E-state index contributed by atoms with van der Waals surface area (Å²) in [6.45, 7) is 7.81. The van der Waals surface area contributed by atoms with E-state index < -0.39 is 26.0 Å². The van der Waals surface area contributed by atoms with Crippen LogP contribution in [0.5, 0.6) is 5.75 Å². The molecule has 0 aromatic heterocycles. The molecule has 8 nitrogen and oxygen atoms in total. The molecule has 2 unspecified atom stereocenters. The van der Waals surface area contributed by atoms with Crippen molar-refractivity contribution in [2.24, 2.45) is 5.41 Å². The van der Waals surface area contributed by atoms with Gasteiger partial charge in [-0.25, -0.2) is 0 Å². The van der Waals surface area contributed by atoms with Crippen LogP contribution >= 0.6 is 8.69 Å². The van der Waals surface area contributed by atoms with E-state index in [1.165, 1.54) is 32.1 Å². The number of rotatable bonds is 16. The normalized spacial score (nSPS) is 13.0. The van der Waals surface area contributed by atoms with Crippen molar-refractivity contribution in [2.75, 3.05) is 11.9 Å². The number of ether oxygens (including phenoxy) is 2. The highest BCUT2D eigenvalue weighted by atomic mass is 31.1. The number of aliphatic hydroxyl groups is 1. The Labute approximate surface area is 256 Å². The Hall–Kier alpha value is -3.45. The molecule has 0 aliphatic carbocycles. The fourth-order valence-corrected chi connectivity index (χ4v) is 4.62. The summed E-state index contributed by atoms with van der Waals surface area (Å²) in [7, 11) is -1.88. The molecule has 232 valence electrons. The number of benzene rings is 3. The Kier molecular flexibility index (Phi) is 13.0. The van der Waals surface area contributed by atoms with Gasteiger partial charge >= 0.3 is 11.9 Å². The van der Waals surface area contributed by atoms with Gasteiger partial charge in [-0.3, -0.25) is 18.7 Å².